The number of esters is 2. The second-order valence-corrected chi connectivity index (χ2v) is 2.78. The third-order valence-corrected chi connectivity index (χ3v) is 1.94. The molecule has 0 spiro atoms. The van der Waals surface area contributed by atoms with Gasteiger partial charge in [0.25, 0.3) is 0 Å². The van der Waals surface area contributed by atoms with E-state index in [0.29, 0.717) is 0 Å². The molecular formula is C7H4N2O5. The van der Waals surface area contributed by atoms with E-state index >= 15 is 0 Å². The molecule has 0 aromatic carbocycles. The Morgan fingerprint density at radius 1 is 1.43 bits per heavy atom. The van der Waals surface area contributed by atoms with Crippen molar-refractivity contribution in [1.82, 2.24) is 4.57 Å². The molecule has 2 heterocycles. The van der Waals surface area contributed by atoms with Crippen molar-refractivity contribution in [3.63, 3.8) is 0 Å². The molecule has 14 heavy (non-hydrogen) atoms. The lowest BCUT2D eigenvalue weighted by atomic mass is 10.2. The first-order valence-corrected chi connectivity index (χ1v) is 3.62. The summed E-state index contributed by atoms with van der Waals surface area (Å²) in [5.74, 6) is -1.81. The van der Waals surface area contributed by atoms with Gasteiger partial charge in [-0.2, -0.15) is 0 Å². The fraction of sp³-hybridized carbons (Fsp3) is 0.143. The molecule has 0 radical (unpaired) electrons. The first-order chi connectivity index (χ1) is 6.52. The van der Waals surface area contributed by atoms with E-state index in [0.717, 1.165) is 6.20 Å². The summed E-state index contributed by atoms with van der Waals surface area (Å²) in [6.45, 7) is 0. The van der Waals surface area contributed by atoms with Crippen LogP contribution in [0.1, 0.15) is 20.8 Å². The number of hydrogen-bond acceptors (Lipinski definition) is 5. The number of carbonyl (C=O) groups excluding carboxylic acids is 2. The highest BCUT2D eigenvalue weighted by atomic mass is 16.6. The maximum atomic E-state index is 11.1. The van der Waals surface area contributed by atoms with Crippen molar-refractivity contribution >= 4 is 17.6 Å². The van der Waals surface area contributed by atoms with Gasteiger partial charge in [0.1, 0.15) is 5.69 Å². The Morgan fingerprint density at radius 2 is 2.07 bits per heavy atom. The zero-order valence-corrected chi connectivity index (χ0v) is 7.01. The molecule has 0 saturated heterocycles. The molecule has 0 aliphatic carbocycles. The number of ether oxygens (including phenoxy) is 1. The number of aryl methyl sites for hydroxylation is 1. The summed E-state index contributed by atoms with van der Waals surface area (Å²) in [5, 5.41) is 10.5. The SMILES string of the molecule is Cn1cc([N+](=O)[O-])c2c1C(=O)OC2=O. The van der Waals surface area contributed by atoms with Crippen LogP contribution in [-0.2, 0) is 11.8 Å². The molecule has 0 amide bonds. The van der Waals surface area contributed by atoms with E-state index < -0.39 is 22.5 Å². The number of fused-ring (bicyclic) bond motifs is 1. The predicted molar refractivity (Wildman–Crippen MR) is 41.8 cm³/mol. The lowest BCUT2D eigenvalue weighted by Gasteiger charge is -1.92. The van der Waals surface area contributed by atoms with Crippen LogP contribution < -0.4 is 0 Å². The fourth-order valence-electron chi connectivity index (χ4n) is 1.38. The molecule has 1 aromatic heterocycles. The van der Waals surface area contributed by atoms with Crippen LogP contribution in [0.4, 0.5) is 5.69 Å². The monoisotopic (exact) mass is 196 g/mol. The molecular weight excluding hydrogens is 192 g/mol. The maximum absolute atomic E-state index is 11.1. The van der Waals surface area contributed by atoms with Crippen molar-refractivity contribution in [1.29, 1.82) is 0 Å². The number of nitrogens with zero attached hydrogens (tertiary/aromatic N) is 2. The summed E-state index contributed by atoms with van der Waals surface area (Å²) in [7, 11) is 1.44. The standard InChI is InChI=1S/C7H4N2O5/c1-8-2-3(9(12)13)4-5(8)7(11)14-6(4)10/h2H,1H3. The highest BCUT2D eigenvalue weighted by Gasteiger charge is 2.40. The topological polar surface area (TPSA) is 91.4 Å². The van der Waals surface area contributed by atoms with E-state index in [1.54, 1.807) is 0 Å². The van der Waals surface area contributed by atoms with Crippen molar-refractivity contribution in [2.24, 2.45) is 7.05 Å². The average Bonchev–Trinajstić information content (AvgIpc) is 2.54. The van der Waals surface area contributed by atoms with Gasteiger partial charge in [-0.3, -0.25) is 10.1 Å². The third kappa shape index (κ3) is 0.859. The molecule has 1 aliphatic rings. The zero-order valence-electron chi connectivity index (χ0n) is 7.01. The van der Waals surface area contributed by atoms with Gasteiger partial charge in [0.15, 0.2) is 5.56 Å². The van der Waals surface area contributed by atoms with Crippen LogP contribution in [0.25, 0.3) is 0 Å². The van der Waals surface area contributed by atoms with Crippen molar-refractivity contribution < 1.29 is 19.2 Å². The van der Waals surface area contributed by atoms with Crippen LogP contribution in [0.2, 0.25) is 0 Å². The molecule has 2 rings (SSSR count). The van der Waals surface area contributed by atoms with Crippen molar-refractivity contribution in [3.05, 3.63) is 27.6 Å². The van der Waals surface area contributed by atoms with Crippen LogP contribution >= 0.6 is 0 Å². The number of cyclic esters (lactones) is 2. The predicted octanol–water partition coefficient (Wildman–Crippen LogP) is 0.244. The fourth-order valence-corrected chi connectivity index (χ4v) is 1.38. The minimum absolute atomic E-state index is 0.0679. The highest BCUT2D eigenvalue weighted by Crippen LogP contribution is 2.30. The van der Waals surface area contributed by atoms with Crippen LogP contribution in [0.5, 0.6) is 0 Å². The van der Waals surface area contributed by atoms with Gasteiger partial charge in [-0.05, 0) is 0 Å². The summed E-state index contributed by atoms with van der Waals surface area (Å²) >= 11 is 0. The second kappa shape index (κ2) is 2.41. The van der Waals surface area contributed by atoms with Gasteiger partial charge in [0.2, 0.25) is 0 Å². The normalized spacial score (nSPS) is 14.1. The Bertz CT molecular complexity index is 473. The molecule has 0 fully saturated rings. The molecule has 72 valence electrons. The van der Waals surface area contributed by atoms with Crippen LogP contribution in [0.15, 0.2) is 6.20 Å². The van der Waals surface area contributed by atoms with E-state index in [2.05, 4.69) is 4.74 Å². The number of hydrogen-bond donors (Lipinski definition) is 0. The van der Waals surface area contributed by atoms with Gasteiger partial charge in [0, 0.05) is 7.05 Å². The molecule has 0 saturated carbocycles. The third-order valence-electron chi connectivity index (χ3n) is 1.94. The molecule has 1 aliphatic heterocycles. The Morgan fingerprint density at radius 3 is 2.64 bits per heavy atom. The molecule has 0 bridgehead atoms. The molecule has 0 unspecified atom stereocenters. The average molecular weight is 196 g/mol. The van der Waals surface area contributed by atoms with E-state index in [1.165, 1.54) is 11.6 Å². The van der Waals surface area contributed by atoms with E-state index in [4.69, 9.17) is 0 Å². The molecule has 7 heteroatoms. The first-order valence-electron chi connectivity index (χ1n) is 3.62. The van der Waals surface area contributed by atoms with Crippen LogP contribution in [0.3, 0.4) is 0 Å². The molecule has 0 atom stereocenters. The second-order valence-electron chi connectivity index (χ2n) is 2.78. The number of nitro groups is 1. The smallest absolute Gasteiger partial charge is 0.364 e. The molecule has 7 nitrogen and oxygen atoms in total. The van der Waals surface area contributed by atoms with Gasteiger partial charge in [-0.25, -0.2) is 9.59 Å². The quantitative estimate of drug-likeness (QED) is 0.277. The Balaban J connectivity index is 2.76. The number of carbonyl (C=O) groups is 2. The largest absolute Gasteiger partial charge is 0.384 e. The highest BCUT2D eigenvalue weighted by molar-refractivity contribution is 6.16. The van der Waals surface area contributed by atoms with Crippen LogP contribution in [-0.4, -0.2) is 21.4 Å². The summed E-state index contributed by atoms with van der Waals surface area (Å²) in [5.41, 5.74) is -0.734. The summed E-state index contributed by atoms with van der Waals surface area (Å²) in [4.78, 5) is 31.9. The van der Waals surface area contributed by atoms with Gasteiger partial charge in [-0.15, -0.1) is 0 Å². The van der Waals surface area contributed by atoms with Crippen LogP contribution in [0, 0.1) is 10.1 Å². The molecule has 0 N–H and O–H groups in total. The maximum Gasteiger partial charge on any atom is 0.364 e. The minimum Gasteiger partial charge on any atom is -0.384 e. The van der Waals surface area contributed by atoms with E-state index in [-0.39, 0.29) is 11.3 Å². The van der Waals surface area contributed by atoms with Crippen molar-refractivity contribution in [2.75, 3.05) is 0 Å². The lowest BCUT2D eigenvalue weighted by molar-refractivity contribution is -0.385. The van der Waals surface area contributed by atoms with Crippen molar-refractivity contribution in [2.45, 2.75) is 0 Å². The summed E-state index contributed by atoms with van der Waals surface area (Å²) < 4.78 is 5.45. The van der Waals surface area contributed by atoms with Gasteiger partial charge in [0.05, 0.1) is 11.1 Å². The Hall–Kier alpha value is -2.18. The van der Waals surface area contributed by atoms with Gasteiger partial charge in [-0.1, -0.05) is 0 Å². The summed E-state index contributed by atoms with van der Waals surface area (Å²) in [6, 6.07) is 0. The van der Waals surface area contributed by atoms with Gasteiger partial charge < -0.3 is 9.30 Å². The lowest BCUT2D eigenvalue weighted by Crippen LogP contribution is -2.03. The number of aromatic nitrogens is 1. The Labute approximate surface area is 77.0 Å². The molecule has 1 aromatic rings. The first kappa shape index (κ1) is 8.42. The van der Waals surface area contributed by atoms with E-state index in [9.17, 15) is 19.7 Å². The Kier molecular flexibility index (Phi) is 1.45. The number of rotatable bonds is 1. The van der Waals surface area contributed by atoms with E-state index in [1.807, 2.05) is 0 Å². The minimum atomic E-state index is -0.961. The van der Waals surface area contributed by atoms with Crippen molar-refractivity contribution in [3.8, 4) is 0 Å². The van der Waals surface area contributed by atoms with Gasteiger partial charge >= 0.3 is 17.6 Å². The summed E-state index contributed by atoms with van der Waals surface area (Å²) in [6.07, 6.45) is 1.11. The zero-order chi connectivity index (χ0) is 10.5.